The number of rotatable bonds is 2. The molecule has 0 amide bonds. The predicted molar refractivity (Wildman–Crippen MR) is 44.8 cm³/mol. The Morgan fingerprint density at radius 3 is 2.12 bits per heavy atom. The molecule has 16 heavy (non-hydrogen) atoms. The van der Waals surface area contributed by atoms with Crippen molar-refractivity contribution >= 4 is 10.1 Å². The maximum absolute atomic E-state index is 12.3. The van der Waals surface area contributed by atoms with E-state index in [-0.39, 0.29) is 29.6 Å². The molecule has 0 radical (unpaired) electrons. The number of benzene rings is 1. The SMILES string of the molecule is O=S(=O)([O-])Cc1ccccc1C(F)(F)F.[Na+]. The molecular formula is C8H6F3NaO3S. The van der Waals surface area contributed by atoms with Gasteiger partial charge >= 0.3 is 35.7 Å². The molecule has 0 aliphatic rings. The first-order valence-corrected chi connectivity index (χ1v) is 5.36. The van der Waals surface area contributed by atoms with Crippen molar-refractivity contribution in [3.8, 4) is 0 Å². The van der Waals surface area contributed by atoms with Crippen LogP contribution in [0.15, 0.2) is 24.3 Å². The minimum Gasteiger partial charge on any atom is -0.748 e. The van der Waals surface area contributed by atoms with E-state index >= 15 is 0 Å². The molecule has 1 aromatic rings. The molecule has 0 bridgehead atoms. The summed E-state index contributed by atoms with van der Waals surface area (Å²) in [5.41, 5.74) is -1.62. The van der Waals surface area contributed by atoms with Crippen LogP contribution in [0.5, 0.6) is 0 Å². The number of hydrogen-bond acceptors (Lipinski definition) is 3. The van der Waals surface area contributed by atoms with E-state index in [1.165, 1.54) is 6.07 Å². The normalized spacial score (nSPS) is 12.0. The Bertz CT molecular complexity index is 456. The van der Waals surface area contributed by atoms with Crippen LogP contribution in [-0.4, -0.2) is 13.0 Å². The summed E-state index contributed by atoms with van der Waals surface area (Å²) in [6.45, 7) is 0. The van der Waals surface area contributed by atoms with Gasteiger partial charge in [0.2, 0.25) is 0 Å². The minimum absolute atomic E-state index is 0. The molecule has 0 saturated carbocycles. The van der Waals surface area contributed by atoms with Gasteiger partial charge in [0.25, 0.3) is 0 Å². The van der Waals surface area contributed by atoms with Crippen molar-refractivity contribution in [1.29, 1.82) is 0 Å². The Morgan fingerprint density at radius 2 is 1.69 bits per heavy atom. The van der Waals surface area contributed by atoms with Crippen molar-refractivity contribution in [2.45, 2.75) is 11.9 Å². The fourth-order valence-electron chi connectivity index (χ4n) is 1.11. The van der Waals surface area contributed by atoms with Crippen molar-refractivity contribution in [2.24, 2.45) is 0 Å². The molecule has 1 aromatic carbocycles. The average Bonchev–Trinajstić information content (AvgIpc) is 1.99. The number of alkyl halides is 3. The van der Waals surface area contributed by atoms with Crippen LogP contribution in [0.3, 0.4) is 0 Å². The van der Waals surface area contributed by atoms with Gasteiger partial charge in [-0.25, -0.2) is 8.42 Å². The van der Waals surface area contributed by atoms with E-state index in [0.29, 0.717) is 0 Å². The van der Waals surface area contributed by atoms with Crippen LogP contribution in [0.25, 0.3) is 0 Å². The topological polar surface area (TPSA) is 57.2 Å². The van der Waals surface area contributed by atoms with Gasteiger partial charge in [0.05, 0.1) is 21.4 Å². The van der Waals surface area contributed by atoms with Gasteiger partial charge in [-0.3, -0.25) is 0 Å². The summed E-state index contributed by atoms with van der Waals surface area (Å²) in [6, 6.07) is 4.08. The predicted octanol–water partition coefficient (Wildman–Crippen LogP) is -1.25. The fourth-order valence-corrected chi connectivity index (χ4v) is 1.75. The third kappa shape index (κ3) is 4.84. The second-order valence-corrected chi connectivity index (χ2v) is 4.26. The van der Waals surface area contributed by atoms with Crippen molar-refractivity contribution in [1.82, 2.24) is 0 Å². The fraction of sp³-hybridized carbons (Fsp3) is 0.250. The molecule has 1 rings (SSSR count). The molecule has 0 N–H and O–H groups in total. The van der Waals surface area contributed by atoms with Gasteiger partial charge in [-0.2, -0.15) is 13.2 Å². The van der Waals surface area contributed by atoms with Gasteiger partial charge in [0.1, 0.15) is 0 Å². The summed E-state index contributed by atoms with van der Waals surface area (Å²) in [6.07, 6.45) is -4.65. The Hall–Kier alpha value is -0.0800. The van der Waals surface area contributed by atoms with Crippen molar-refractivity contribution in [3.63, 3.8) is 0 Å². The van der Waals surface area contributed by atoms with E-state index in [1.807, 2.05) is 0 Å². The van der Waals surface area contributed by atoms with E-state index in [1.54, 1.807) is 0 Å². The summed E-state index contributed by atoms with van der Waals surface area (Å²) < 4.78 is 68.1. The maximum Gasteiger partial charge on any atom is 1.00 e. The second kappa shape index (κ2) is 5.50. The van der Waals surface area contributed by atoms with Crippen molar-refractivity contribution < 1.29 is 55.7 Å². The second-order valence-electron chi connectivity index (χ2n) is 2.86. The van der Waals surface area contributed by atoms with Gasteiger partial charge in [-0.15, -0.1) is 0 Å². The minimum atomic E-state index is -4.71. The average molecular weight is 262 g/mol. The van der Waals surface area contributed by atoms with Crippen LogP contribution < -0.4 is 29.6 Å². The Labute approximate surface area is 113 Å². The summed E-state index contributed by atoms with van der Waals surface area (Å²) in [4.78, 5) is 0. The van der Waals surface area contributed by atoms with Crippen LogP contribution >= 0.6 is 0 Å². The van der Waals surface area contributed by atoms with Crippen LogP contribution in [0.4, 0.5) is 13.2 Å². The molecule has 84 valence electrons. The molecule has 0 spiro atoms. The smallest absolute Gasteiger partial charge is 0.748 e. The Balaban J connectivity index is 0.00000225. The van der Waals surface area contributed by atoms with E-state index in [9.17, 15) is 26.1 Å². The molecule has 0 heterocycles. The van der Waals surface area contributed by atoms with Gasteiger partial charge in [0.15, 0.2) is 0 Å². The van der Waals surface area contributed by atoms with Crippen LogP contribution in [0, 0.1) is 0 Å². The third-order valence-corrected chi connectivity index (χ3v) is 2.32. The molecule has 0 aliphatic carbocycles. The Morgan fingerprint density at radius 1 is 1.19 bits per heavy atom. The van der Waals surface area contributed by atoms with Crippen molar-refractivity contribution in [2.75, 3.05) is 0 Å². The molecule has 0 aromatic heterocycles. The van der Waals surface area contributed by atoms with E-state index < -0.39 is 33.2 Å². The molecule has 0 saturated heterocycles. The molecule has 0 fully saturated rings. The molecule has 0 unspecified atom stereocenters. The van der Waals surface area contributed by atoms with Crippen LogP contribution in [-0.2, 0) is 22.0 Å². The standard InChI is InChI=1S/C8H7F3O3S.Na/c9-8(10,11)7-4-2-1-3-6(7)5-15(12,13)14;/h1-4H,5H2,(H,12,13,14);/q;+1/p-1. The Kier molecular flexibility index (Phi) is 5.48. The maximum atomic E-state index is 12.3. The molecule has 0 aliphatic heterocycles. The molecule has 3 nitrogen and oxygen atoms in total. The summed E-state index contributed by atoms with van der Waals surface area (Å²) >= 11 is 0. The van der Waals surface area contributed by atoms with E-state index in [2.05, 4.69) is 0 Å². The quantitative estimate of drug-likeness (QED) is 0.494. The summed E-state index contributed by atoms with van der Waals surface area (Å²) in [5, 5.41) is 0. The number of hydrogen-bond donors (Lipinski definition) is 0. The summed E-state index contributed by atoms with van der Waals surface area (Å²) in [5.74, 6) is -1.15. The largest absolute Gasteiger partial charge is 1.00 e. The van der Waals surface area contributed by atoms with E-state index in [0.717, 1.165) is 18.2 Å². The van der Waals surface area contributed by atoms with Gasteiger partial charge < -0.3 is 4.55 Å². The monoisotopic (exact) mass is 262 g/mol. The molecule has 8 heteroatoms. The summed E-state index contributed by atoms with van der Waals surface area (Å²) in [7, 11) is -4.71. The van der Waals surface area contributed by atoms with E-state index in [4.69, 9.17) is 0 Å². The zero-order valence-corrected chi connectivity index (χ0v) is 11.1. The van der Waals surface area contributed by atoms with Crippen molar-refractivity contribution in [3.05, 3.63) is 35.4 Å². The van der Waals surface area contributed by atoms with Gasteiger partial charge in [-0.05, 0) is 11.6 Å². The first-order valence-electron chi connectivity index (χ1n) is 3.79. The number of halogens is 3. The zero-order valence-electron chi connectivity index (χ0n) is 8.28. The first-order chi connectivity index (χ1) is 6.70. The van der Waals surface area contributed by atoms with Gasteiger partial charge in [-0.1, -0.05) is 18.2 Å². The zero-order chi connectivity index (χ0) is 11.7. The molecule has 0 atom stereocenters. The third-order valence-electron chi connectivity index (χ3n) is 1.66. The molecular weight excluding hydrogens is 256 g/mol. The van der Waals surface area contributed by atoms with Crippen LogP contribution in [0.2, 0.25) is 0 Å². The van der Waals surface area contributed by atoms with Gasteiger partial charge in [0, 0.05) is 0 Å². The first kappa shape index (κ1) is 15.9. The van der Waals surface area contributed by atoms with Crippen LogP contribution in [0.1, 0.15) is 11.1 Å².